The molecule has 0 saturated heterocycles. The molecular formula is C21H24N2O3. The second-order valence-corrected chi connectivity index (χ2v) is 6.84. The fourth-order valence-electron chi connectivity index (χ4n) is 3.36. The molecule has 0 saturated carbocycles. The van der Waals surface area contributed by atoms with Gasteiger partial charge in [-0.05, 0) is 32.4 Å². The van der Waals surface area contributed by atoms with Crippen LogP contribution in [-0.4, -0.2) is 17.9 Å². The normalized spacial score (nSPS) is 16.0. The quantitative estimate of drug-likeness (QED) is 0.896. The lowest BCUT2D eigenvalue weighted by Crippen LogP contribution is -2.36. The summed E-state index contributed by atoms with van der Waals surface area (Å²) in [4.78, 5) is 26.4. The van der Waals surface area contributed by atoms with Gasteiger partial charge in [0.2, 0.25) is 5.91 Å². The number of fused-ring (bicyclic) bond motifs is 1. The van der Waals surface area contributed by atoms with E-state index in [2.05, 4.69) is 5.32 Å². The molecule has 26 heavy (non-hydrogen) atoms. The van der Waals surface area contributed by atoms with Gasteiger partial charge in [0.15, 0.2) is 0 Å². The highest BCUT2D eigenvalue weighted by Crippen LogP contribution is 2.40. The number of para-hydroxylation sites is 2. The van der Waals surface area contributed by atoms with Crippen molar-refractivity contribution in [1.82, 2.24) is 5.32 Å². The number of hydrogen-bond donors (Lipinski definition) is 1. The van der Waals surface area contributed by atoms with Gasteiger partial charge in [-0.3, -0.25) is 9.59 Å². The number of carbonyl (C=O) groups excluding carboxylic acids is 2. The smallest absolute Gasteiger partial charge is 0.254 e. The predicted molar refractivity (Wildman–Crippen MR) is 101 cm³/mol. The molecule has 0 unspecified atom stereocenters. The first-order chi connectivity index (χ1) is 12.4. The number of anilines is 1. The van der Waals surface area contributed by atoms with E-state index in [1.54, 1.807) is 4.90 Å². The Hall–Kier alpha value is -2.82. The summed E-state index contributed by atoms with van der Waals surface area (Å²) in [5, 5.41) is 2.78. The summed E-state index contributed by atoms with van der Waals surface area (Å²) in [5.41, 5.74) is 3.65. The average Bonchev–Trinajstić information content (AvgIpc) is 2.82. The molecule has 0 aromatic heterocycles. The van der Waals surface area contributed by atoms with Crippen LogP contribution in [0.15, 0.2) is 42.5 Å². The van der Waals surface area contributed by atoms with Gasteiger partial charge in [-0.15, -0.1) is 0 Å². The second-order valence-electron chi connectivity index (χ2n) is 6.84. The molecule has 136 valence electrons. The number of nitrogens with one attached hydrogen (secondary N) is 1. The Morgan fingerprint density at radius 1 is 1.19 bits per heavy atom. The van der Waals surface area contributed by atoms with E-state index in [1.807, 2.05) is 63.2 Å². The zero-order valence-corrected chi connectivity index (χ0v) is 15.6. The first kappa shape index (κ1) is 18.0. The van der Waals surface area contributed by atoms with Crippen molar-refractivity contribution in [2.75, 3.05) is 4.90 Å². The molecule has 2 amide bonds. The number of hydrogen-bond acceptors (Lipinski definition) is 3. The Balaban J connectivity index is 1.99. The molecule has 3 rings (SSSR count). The van der Waals surface area contributed by atoms with Gasteiger partial charge in [0.05, 0.1) is 18.3 Å². The Labute approximate surface area is 154 Å². The van der Waals surface area contributed by atoms with Gasteiger partial charge in [0.1, 0.15) is 11.8 Å². The number of benzene rings is 2. The minimum Gasteiger partial charge on any atom is -0.491 e. The third kappa shape index (κ3) is 3.43. The zero-order chi connectivity index (χ0) is 18.8. The average molecular weight is 352 g/mol. The summed E-state index contributed by atoms with van der Waals surface area (Å²) in [7, 11) is 0. The molecule has 0 bridgehead atoms. The fraction of sp³-hybridized carbons (Fsp3) is 0.333. The lowest BCUT2D eigenvalue weighted by atomic mass is 10.0. The highest BCUT2D eigenvalue weighted by molar-refractivity contribution is 6.06. The van der Waals surface area contributed by atoms with E-state index in [1.165, 1.54) is 6.92 Å². The van der Waals surface area contributed by atoms with Crippen molar-refractivity contribution < 1.29 is 14.3 Å². The third-order valence-electron chi connectivity index (χ3n) is 4.37. The fourth-order valence-corrected chi connectivity index (χ4v) is 3.36. The van der Waals surface area contributed by atoms with Gasteiger partial charge in [0.25, 0.3) is 5.91 Å². The van der Waals surface area contributed by atoms with Crippen LogP contribution >= 0.6 is 0 Å². The van der Waals surface area contributed by atoms with Crippen LogP contribution in [-0.2, 0) is 16.1 Å². The maximum atomic E-state index is 13.1. The molecule has 1 heterocycles. The van der Waals surface area contributed by atoms with Gasteiger partial charge in [-0.1, -0.05) is 36.4 Å². The molecule has 5 heteroatoms. The summed E-state index contributed by atoms with van der Waals surface area (Å²) < 4.78 is 5.89. The van der Waals surface area contributed by atoms with Gasteiger partial charge in [-0.2, -0.15) is 0 Å². The standard InChI is InChI=1S/C21H24N2O3/c1-13(2)26-18-11-6-5-9-16(18)12-23-20-14(3)8-7-10-17(20)19(21(23)25)22-15(4)24/h5-11,13,19H,12H2,1-4H3,(H,22,24)/t19-/m1/s1. The molecule has 0 radical (unpaired) electrons. The summed E-state index contributed by atoms with van der Waals surface area (Å²) in [6, 6.07) is 12.9. The van der Waals surface area contributed by atoms with Crippen molar-refractivity contribution >= 4 is 17.5 Å². The number of carbonyl (C=O) groups is 2. The first-order valence-electron chi connectivity index (χ1n) is 8.81. The molecule has 0 aliphatic carbocycles. The van der Waals surface area contributed by atoms with Crippen molar-refractivity contribution in [2.45, 2.75) is 46.4 Å². The zero-order valence-electron chi connectivity index (χ0n) is 15.6. The monoisotopic (exact) mass is 352 g/mol. The lowest BCUT2D eigenvalue weighted by Gasteiger charge is -2.22. The van der Waals surface area contributed by atoms with Crippen molar-refractivity contribution in [3.63, 3.8) is 0 Å². The van der Waals surface area contributed by atoms with Crippen LogP contribution in [0.4, 0.5) is 5.69 Å². The number of aryl methyl sites for hydroxylation is 1. The topological polar surface area (TPSA) is 58.6 Å². The third-order valence-corrected chi connectivity index (χ3v) is 4.37. The van der Waals surface area contributed by atoms with Crippen LogP contribution < -0.4 is 15.0 Å². The minimum atomic E-state index is -0.638. The number of ether oxygens (including phenoxy) is 1. The van der Waals surface area contributed by atoms with Gasteiger partial charge < -0.3 is 15.0 Å². The molecule has 1 N–H and O–H groups in total. The molecule has 1 aliphatic rings. The van der Waals surface area contributed by atoms with Crippen molar-refractivity contribution in [3.8, 4) is 5.75 Å². The van der Waals surface area contributed by atoms with Crippen LogP contribution in [0.1, 0.15) is 43.5 Å². The van der Waals surface area contributed by atoms with Crippen LogP contribution in [0.5, 0.6) is 5.75 Å². The first-order valence-corrected chi connectivity index (χ1v) is 8.81. The number of amides is 2. The largest absolute Gasteiger partial charge is 0.491 e. The van der Waals surface area contributed by atoms with Gasteiger partial charge in [-0.25, -0.2) is 0 Å². The van der Waals surface area contributed by atoms with Crippen LogP contribution in [0.25, 0.3) is 0 Å². The Bertz CT molecular complexity index is 845. The molecule has 2 aromatic rings. The van der Waals surface area contributed by atoms with E-state index >= 15 is 0 Å². The maximum Gasteiger partial charge on any atom is 0.254 e. The summed E-state index contributed by atoms with van der Waals surface area (Å²) >= 11 is 0. The van der Waals surface area contributed by atoms with Gasteiger partial charge >= 0.3 is 0 Å². The number of nitrogens with zero attached hydrogens (tertiary/aromatic N) is 1. The van der Waals surface area contributed by atoms with E-state index in [9.17, 15) is 9.59 Å². The molecular weight excluding hydrogens is 328 g/mol. The highest BCUT2D eigenvalue weighted by Gasteiger charge is 2.38. The lowest BCUT2D eigenvalue weighted by molar-refractivity contribution is -0.126. The highest BCUT2D eigenvalue weighted by atomic mass is 16.5. The minimum absolute atomic E-state index is 0.0478. The van der Waals surface area contributed by atoms with E-state index in [-0.39, 0.29) is 17.9 Å². The van der Waals surface area contributed by atoms with Crippen LogP contribution in [0.2, 0.25) is 0 Å². The summed E-state index contributed by atoms with van der Waals surface area (Å²) in [6.07, 6.45) is 0.0478. The van der Waals surface area contributed by atoms with Crippen molar-refractivity contribution in [2.24, 2.45) is 0 Å². The number of rotatable bonds is 5. The van der Waals surface area contributed by atoms with Crippen molar-refractivity contribution in [3.05, 3.63) is 59.2 Å². The van der Waals surface area contributed by atoms with E-state index < -0.39 is 6.04 Å². The summed E-state index contributed by atoms with van der Waals surface area (Å²) in [6.45, 7) is 7.76. The van der Waals surface area contributed by atoms with E-state index in [4.69, 9.17) is 4.74 Å². The van der Waals surface area contributed by atoms with E-state index in [0.29, 0.717) is 6.54 Å². The van der Waals surface area contributed by atoms with E-state index in [0.717, 1.165) is 28.1 Å². The predicted octanol–water partition coefficient (Wildman–Crippen LogP) is 3.51. The molecule has 1 aliphatic heterocycles. The molecule has 2 aromatic carbocycles. The second kappa shape index (κ2) is 7.20. The SMILES string of the molecule is CC(=O)N[C@H]1C(=O)N(Cc2ccccc2OC(C)C)c2c(C)cccc21. The Kier molecular flexibility index (Phi) is 4.98. The maximum absolute atomic E-state index is 13.1. The molecule has 5 nitrogen and oxygen atoms in total. The Morgan fingerprint density at radius 2 is 1.92 bits per heavy atom. The van der Waals surface area contributed by atoms with Gasteiger partial charge in [0, 0.05) is 18.1 Å². The summed E-state index contributed by atoms with van der Waals surface area (Å²) in [5.74, 6) is 0.429. The molecule has 0 fully saturated rings. The molecule has 1 atom stereocenters. The van der Waals surface area contributed by atoms with Crippen LogP contribution in [0, 0.1) is 6.92 Å². The Morgan fingerprint density at radius 3 is 2.62 bits per heavy atom. The molecule has 0 spiro atoms. The van der Waals surface area contributed by atoms with Crippen LogP contribution in [0.3, 0.4) is 0 Å². The van der Waals surface area contributed by atoms with Crippen molar-refractivity contribution in [1.29, 1.82) is 0 Å².